The number of nitrogen functional groups attached to an aromatic ring is 4. The fraction of sp³-hybridized carbons (Fsp3) is 0.550. The van der Waals surface area contributed by atoms with Crippen LogP contribution in [0.1, 0.15) is 121 Å². The van der Waals surface area contributed by atoms with Gasteiger partial charge in [0.25, 0.3) is 0 Å². The quantitative estimate of drug-likeness (QED) is 0.0804. The molecule has 0 fully saturated rings. The Morgan fingerprint density at radius 2 is 1.43 bits per heavy atom. The van der Waals surface area contributed by atoms with Crippen LogP contribution in [0, 0.1) is 29.1 Å². The summed E-state index contributed by atoms with van der Waals surface area (Å²) in [6.07, 6.45) is 11.6. The van der Waals surface area contributed by atoms with Crippen molar-refractivity contribution in [3.63, 3.8) is 0 Å². The predicted octanol–water partition coefficient (Wildman–Crippen LogP) is 9.94. The summed E-state index contributed by atoms with van der Waals surface area (Å²) in [4.78, 5) is 14.1. The monoisotopic (exact) mass is 692 g/mol. The Balaban J connectivity index is 0.000000430. The van der Waals surface area contributed by atoms with E-state index in [0.29, 0.717) is 39.3 Å². The fourth-order valence-corrected chi connectivity index (χ4v) is 5.94. The average molecular weight is 693 g/mol. The molecule has 49 heavy (non-hydrogen) atoms. The molecule has 0 aliphatic rings. The molecule has 8 nitrogen and oxygen atoms in total. The molecule has 0 saturated carbocycles. The summed E-state index contributed by atoms with van der Waals surface area (Å²) in [5.74, 6) is 1.65. The smallest absolute Gasteiger partial charge is 0.338 e. The highest BCUT2D eigenvalue weighted by Gasteiger charge is 2.18. The van der Waals surface area contributed by atoms with Crippen molar-refractivity contribution in [3.05, 3.63) is 65.2 Å². The van der Waals surface area contributed by atoms with Crippen molar-refractivity contribution in [2.75, 3.05) is 47.5 Å². The lowest BCUT2D eigenvalue weighted by molar-refractivity contribution is 0.0459. The first-order valence-electron chi connectivity index (χ1n) is 18.1. The van der Waals surface area contributed by atoms with Gasteiger partial charge in [-0.05, 0) is 91.1 Å². The molecule has 0 saturated heterocycles. The lowest BCUT2D eigenvalue weighted by Crippen LogP contribution is -2.34. The number of ether oxygens (including phenoxy) is 1. The van der Waals surface area contributed by atoms with Crippen LogP contribution in [0.4, 0.5) is 27.1 Å². The standard InChI is InChI=1S/C24H44N2.C11H15NO2.C5H5N3S/c1-6-11-13-20(8-3)18-26(19-21(9-4)14-12-7-2)23-15-16-24(25)22(10-5)17-23;1-8(2)7-14-11(13)9-3-5-10(12)6-4-9;6-2-3-1-4(7)9-5(3)8/h15-17,20-21H,6-14,18-19,25H2,1-5H3;3-6,8H,7,12H2,1-2H3;1H,7-8H2. The van der Waals surface area contributed by atoms with Gasteiger partial charge in [-0.3, -0.25) is 0 Å². The van der Waals surface area contributed by atoms with Crippen LogP contribution in [0.2, 0.25) is 0 Å². The van der Waals surface area contributed by atoms with Gasteiger partial charge in [-0.15, -0.1) is 11.3 Å². The summed E-state index contributed by atoms with van der Waals surface area (Å²) in [7, 11) is 0. The highest BCUT2D eigenvalue weighted by molar-refractivity contribution is 7.19. The molecule has 0 spiro atoms. The molecule has 2 unspecified atom stereocenters. The van der Waals surface area contributed by atoms with Gasteiger partial charge in [-0.25, -0.2) is 4.79 Å². The third-order valence-electron chi connectivity index (χ3n) is 8.51. The molecule has 0 aliphatic heterocycles. The molecular weight excluding hydrogens is 629 g/mol. The number of nitrogens with zero attached hydrogens (tertiary/aromatic N) is 2. The van der Waals surface area contributed by atoms with Gasteiger partial charge in [0.15, 0.2) is 0 Å². The summed E-state index contributed by atoms with van der Waals surface area (Å²) in [5, 5.41) is 9.44. The first-order valence-corrected chi connectivity index (χ1v) is 18.9. The molecule has 272 valence electrons. The highest BCUT2D eigenvalue weighted by Crippen LogP contribution is 2.27. The van der Waals surface area contributed by atoms with Crippen molar-refractivity contribution < 1.29 is 9.53 Å². The van der Waals surface area contributed by atoms with Gasteiger partial charge in [0, 0.05) is 30.2 Å². The number of nitrogens with two attached hydrogens (primary N) is 4. The lowest BCUT2D eigenvalue weighted by Gasteiger charge is -2.33. The summed E-state index contributed by atoms with van der Waals surface area (Å²) in [5.41, 5.74) is 27.6. The number of hydrogen-bond acceptors (Lipinski definition) is 9. The van der Waals surface area contributed by atoms with Gasteiger partial charge >= 0.3 is 5.97 Å². The predicted molar refractivity (Wildman–Crippen MR) is 213 cm³/mol. The number of unbranched alkanes of at least 4 members (excludes halogenated alkanes) is 2. The van der Waals surface area contributed by atoms with Crippen molar-refractivity contribution >= 4 is 44.4 Å². The SMILES string of the molecule is CC(C)COC(=O)c1ccc(N)cc1.CCCCC(CC)CN(CC(CC)CCCC)c1ccc(N)c(CC)c1.N#Cc1cc(N)sc1N. The van der Waals surface area contributed by atoms with Crippen LogP contribution in [0.3, 0.4) is 0 Å². The minimum atomic E-state index is -0.293. The van der Waals surface area contributed by atoms with Crippen molar-refractivity contribution in [2.45, 2.75) is 106 Å². The van der Waals surface area contributed by atoms with E-state index in [2.05, 4.69) is 57.7 Å². The van der Waals surface area contributed by atoms with E-state index in [9.17, 15) is 4.79 Å². The Kier molecular flexibility index (Phi) is 21.4. The van der Waals surface area contributed by atoms with E-state index in [0.717, 1.165) is 23.9 Å². The molecule has 2 atom stereocenters. The number of esters is 1. The molecule has 0 amide bonds. The minimum absolute atomic E-state index is 0.293. The van der Waals surface area contributed by atoms with E-state index in [1.54, 1.807) is 30.3 Å². The lowest BCUT2D eigenvalue weighted by atomic mass is 9.95. The Hall–Kier alpha value is -3.90. The number of carbonyl (C=O) groups is 1. The Morgan fingerprint density at radius 1 is 0.857 bits per heavy atom. The van der Waals surface area contributed by atoms with Crippen LogP contribution in [-0.4, -0.2) is 25.7 Å². The molecule has 1 aromatic heterocycles. The number of aryl methyl sites for hydroxylation is 1. The molecular formula is C40H64N6O2S. The molecule has 2 aromatic carbocycles. The van der Waals surface area contributed by atoms with Crippen molar-refractivity contribution in [3.8, 4) is 6.07 Å². The average Bonchev–Trinajstić information content (AvgIpc) is 3.43. The number of thiophene rings is 1. The van der Waals surface area contributed by atoms with Crippen molar-refractivity contribution in [1.82, 2.24) is 0 Å². The van der Waals surface area contributed by atoms with Crippen LogP contribution in [0.5, 0.6) is 0 Å². The first kappa shape index (κ1) is 43.1. The second kappa shape index (κ2) is 24.3. The summed E-state index contributed by atoms with van der Waals surface area (Å²) >= 11 is 1.23. The Morgan fingerprint density at radius 3 is 1.84 bits per heavy atom. The molecule has 8 N–H and O–H groups in total. The van der Waals surface area contributed by atoms with E-state index in [-0.39, 0.29) is 5.97 Å². The van der Waals surface area contributed by atoms with Crippen LogP contribution < -0.4 is 27.8 Å². The zero-order valence-corrected chi connectivity index (χ0v) is 32.1. The highest BCUT2D eigenvalue weighted by atomic mass is 32.1. The summed E-state index contributed by atoms with van der Waals surface area (Å²) < 4.78 is 5.05. The zero-order chi connectivity index (χ0) is 36.8. The van der Waals surface area contributed by atoms with E-state index >= 15 is 0 Å². The first-order chi connectivity index (χ1) is 23.4. The van der Waals surface area contributed by atoms with Gasteiger partial charge in [0.1, 0.15) is 11.1 Å². The molecule has 0 radical (unpaired) electrons. The third kappa shape index (κ3) is 16.9. The van der Waals surface area contributed by atoms with Crippen LogP contribution in [-0.2, 0) is 11.2 Å². The second-order valence-corrected chi connectivity index (χ2v) is 14.2. The topological polar surface area (TPSA) is 157 Å². The Labute approximate surface area is 301 Å². The third-order valence-corrected chi connectivity index (χ3v) is 9.30. The van der Waals surface area contributed by atoms with E-state index < -0.39 is 0 Å². The van der Waals surface area contributed by atoms with Crippen LogP contribution in [0.15, 0.2) is 48.5 Å². The normalized spacial score (nSPS) is 11.7. The Bertz CT molecular complexity index is 1360. The van der Waals surface area contributed by atoms with Crippen molar-refractivity contribution in [1.29, 1.82) is 5.26 Å². The summed E-state index contributed by atoms with van der Waals surface area (Å²) in [6.45, 7) is 18.3. The number of rotatable bonds is 17. The van der Waals surface area contributed by atoms with Gasteiger partial charge in [0.05, 0.1) is 22.7 Å². The molecule has 9 heteroatoms. The van der Waals surface area contributed by atoms with Gasteiger partial charge < -0.3 is 32.6 Å². The fourth-order valence-electron chi connectivity index (χ4n) is 5.30. The van der Waals surface area contributed by atoms with E-state index in [1.807, 2.05) is 19.9 Å². The second-order valence-electron chi connectivity index (χ2n) is 13.1. The minimum Gasteiger partial charge on any atom is -0.462 e. The van der Waals surface area contributed by atoms with Crippen molar-refractivity contribution in [2.24, 2.45) is 17.8 Å². The maximum Gasteiger partial charge on any atom is 0.338 e. The largest absolute Gasteiger partial charge is 0.462 e. The van der Waals surface area contributed by atoms with Gasteiger partial charge in [-0.2, -0.15) is 5.26 Å². The number of hydrogen-bond donors (Lipinski definition) is 4. The van der Waals surface area contributed by atoms with Crippen LogP contribution >= 0.6 is 11.3 Å². The molecule has 3 rings (SSSR count). The zero-order valence-electron chi connectivity index (χ0n) is 31.3. The molecule has 0 bridgehead atoms. The number of anilines is 5. The number of nitriles is 1. The van der Waals surface area contributed by atoms with Crippen LogP contribution in [0.25, 0.3) is 0 Å². The maximum absolute atomic E-state index is 11.4. The molecule has 1 heterocycles. The molecule has 3 aromatic rings. The van der Waals surface area contributed by atoms with Gasteiger partial charge in [-0.1, -0.05) is 87.0 Å². The van der Waals surface area contributed by atoms with Gasteiger partial charge in [0.2, 0.25) is 0 Å². The number of carbonyl (C=O) groups excluding carboxylic acids is 1. The van der Waals surface area contributed by atoms with E-state index in [4.69, 9.17) is 32.9 Å². The number of benzene rings is 2. The maximum atomic E-state index is 11.4. The van der Waals surface area contributed by atoms with E-state index in [1.165, 1.54) is 87.0 Å². The summed E-state index contributed by atoms with van der Waals surface area (Å²) in [6, 6.07) is 16.9. The molecule has 0 aliphatic carbocycles.